The number of amides is 1. The van der Waals surface area contributed by atoms with Crippen molar-refractivity contribution < 1.29 is 4.79 Å². The third kappa shape index (κ3) is 3.79. The Morgan fingerprint density at radius 1 is 1.08 bits per heavy atom. The van der Waals surface area contributed by atoms with Crippen LogP contribution in [0, 0.1) is 0 Å². The number of para-hydroxylation sites is 2. The van der Waals surface area contributed by atoms with Crippen molar-refractivity contribution in [2.24, 2.45) is 0 Å². The zero-order chi connectivity index (χ0) is 18.9. The Kier molecular flexibility index (Phi) is 4.86. The van der Waals surface area contributed by atoms with Crippen LogP contribution in [0.4, 0.5) is 0 Å². The van der Waals surface area contributed by atoms with E-state index in [0.29, 0.717) is 6.54 Å². The van der Waals surface area contributed by atoms with Crippen LogP contribution in [0.15, 0.2) is 48.5 Å². The van der Waals surface area contributed by atoms with Gasteiger partial charge in [-0.2, -0.15) is 0 Å². The number of rotatable bonds is 4. The van der Waals surface area contributed by atoms with E-state index in [-0.39, 0.29) is 11.3 Å². The van der Waals surface area contributed by atoms with Crippen molar-refractivity contribution in [1.29, 1.82) is 0 Å². The predicted octanol–water partition coefficient (Wildman–Crippen LogP) is 4.36. The molecule has 4 nitrogen and oxygen atoms in total. The van der Waals surface area contributed by atoms with E-state index in [1.165, 1.54) is 11.1 Å². The van der Waals surface area contributed by atoms with Gasteiger partial charge in [0.25, 0.3) is 0 Å². The van der Waals surface area contributed by atoms with E-state index < -0.39 is 0 Å². The minimum atomic E-state index is 0.0399. The van der Waals surface area contributed by atoms with Crippen molar-refractivity contribution in [3.05, 3.63) is 65.5 Å². The smallest absolute Gasteiger partial charge is 0.219 e. The van der Waals surface area contributed by atoms with Gasteiger partial charge in [0.05, 0.1) is 17.6 Å². The molecule has 2 aromatic carbocycles. The molecule has 1 amide bonds. The number of carbonyl (C=O) groups is 1. The SMILES string of the molecule is CC(=O)N(C)Cc1nc2ccccc2n1Cc1ccc(C(C)(C)C)cc1. The molecule has 0 atom stereocenters. The number of aromatic nitrogens is 2. The molecule has 3 rings (SSSR count). The van der Waals surface area contributed by atoms with Gasteiger partial charge in [-0.05, 0) is 28.7 Å². The van der Waals surface area contributed by atoms with Gasteiger partial charge in [0.2, 0.25) is 5.91 Å². The lowest BCUT2D eigenvalue weighted by Gasteiger charge is -2.20. The molecule has 136 valence electrons. The molecule has 0 bridgehead atoms. The molecule has 0 fully saturated rings. The van der Waals surface area contributed by atoms with E-state index in [2.05, 4.69) is 55.7 Å². The van der Waals surface area contributed by atoms with Gasteiger partial charge < -0.3 is 9.47 Å². The van der Waals surface area contributed by atoms with E-state index in [1.54, 1.807) is 11.8 Å². The Hall–Kier alpha value is -2.62. The molecule has 0 aliphatic heterocycles. The monoisotopic (exact) mass is 349 g/mol. The first-order chi connectivity index (χ1) is 12.3. The minimum Gasteiger partial charge on any atom is -0.339 e. The highest BCUT2D eigenvalue weighted by molar-refractivity contribution is 5.76. The quantitative estimate of drug-likeness (QED) is 0.702. The minimum absolute atomic E-state index is 0.0399. The van der Waals surface area contributed by atoms with Gasteiger partial charge in [0.1, 0.15) is 5.82 Å². The largest absolute Gasteiger partial charge is 0.339 e. The van der Waals surface area contributed by atoms with Crippen LogP contribution in [0.2, 0.25) is 0 Å². The summed E-state index contributed by atoms with van der Waals surface area (Å²) in [4.78, 5) is 18.1. The van der Waals surface area contributed by atoms with Gasteiger partial charge >= 0.3 is 0 Å². The molecule has 0 aliphatic rings. The van der Waals surface area contributed by atoms with Gasteiger partial charge in [-0.1, -0.05) is 57.2 Å². The number of hydrogen-bond donors (Lipinski definition) is 0. The lowest BCUT2D eigenvalue weighted by Crippen LogP contribution is -2.25. The van der Waals surface area contributed by atoms with Crippen molar-refractivity contribution in [2.75, 3.05) is 7.05 Å². The van der Waals surface area contributed by atoms with E-state index in [1.807, 2.05) is 25.2 Å². The number of nitrogens with zero attached hydrogens (tertiary/aromatic N) is 3. The highest BCUT2D eigenvalue weighted by Crippen LogP contribution is 2.24. The topological polar surface area (TPSA) is 38.1 Å². The number of hydrogen-bond acceptors (Lipinski definition) is 2. The van der Waals surface area contributed by atoms with Crippen LogP contribution in [0.3, 0.4) is 0 Å². The summed E-state index contributed by atoms with van der Waals surface area (Å²) >= 11 is 0. The number of benzene rings is 2. The van der Waals surface area contributed by atoms with Gasteiger partial charge in [-0.3, -0.25) is 4.79 Å². The van der Waals surface area contributed by atoms with Crippen molar-refractivity contribution in [1.82, 2.24) is 14.5 Å². The molecule has 0 aliphatic carbocycles. The first-order valence-electron chi connectivity index (χ1n) is 9.01. The highest BCUT2D eigenvalue weighted by atomic mass is 16.2. The van der Waals surface area contributed by atoms with E-state index in [9.17, 15) is 4.79 Å². The maximum atomic E-state index is 11.7. The molecule has 26 heavy (non-hydrogen) atoms. The Labute approximate surface area is 155 Å². The molecule has 0 saturated heterocycles. The maximum absolute atomic E-state index is 11.7. The van der Waals surface area contributed by atoms with Gasteiger partial charge in [0.15, 0.2) is 0 Å². The highest BCUT2D eigenvalue weighted by Gasteiger charge is 2.15. The van der Waals surface area contributed by atoms with Crippen molar-refractivity contribution in [3.8, 4) is 0 Å². The summed E-state index contributed by atoms with van der Waals surface area (Å²) < 4.78 is 2.21. The second kappa shape index (κ2) is 6.94. The molecule has 3 aromatic rings. The molecule has 0 radical (unpaired) electrons. The first-order valence-corrected chi connectivity index (χ1v) is 9.01. The fourth-order valence-corrected chi connectivity index (χ4v) is 3.04. The molecule has 0 unspecified atom stereocenters. The Balaban J connectivity index is 1.96. The Morgan fingerprint density at radius 2 is 1.73 bits per heavy atom. The first kappa shape index (κ1) is 18.2. The molecule has 4 heteroatoms. The zero-order valence-electron chi connectivity index (χ0n) is 16.3. The van der Waals surface area contributed by atoms with Crippen molar-refractivity contribution >= 4 is 16.9 Å². The Morgan fingerprint density at radius 3 is 2.35 bits per heavy atom. The van der Waals surface area contributed by atoms with E-state index >= 15 is 0 Å². The maximum Gasteiger partial charge on any atom is 0.219 e. The summed E-state index contributed by atoms with van der Waals surface area (Å²) in [6.45, 7) is 9.50. The molecule has 1 aromatic heterocycles. The molecule has 1 heterocycles. The fourth-order valence-electron chi connectivity index (χ4n) is 3.04. The standard InChI is InChI=1S/C22H27N3O/c1-16(26)24(5)15-21-23-19-8-6-7-9-20(19)25(21)14-17-10-12-18(13-11-17)22(2,3)4/h6-13H,14-15H2,1-5H3. The van der Waals surface area contributed by atoms with Crippen molar-refractivity contribution in [2.45, 2.75) is 46.2 Å². The molecular formula is C22H27N3O. The van der Waals surface area contributed by atoms with Crippen LogP contribution in [-0.2, 0) is 23.3 Å². The van der Waals surface area contributed by atoms with Gasteiger partial charge in [-0.25, -0.2) is 4.98 Å². The summed E-state index contributed by atoms with van der Waals surface area (Å²) in [5.41, 5.74) is 4.77. The van der Waals surface area contributed by atoms with Crippen LogP contribution in [0.1, 0.15) is 44.6 Å². The average molecular weight is 349 g/mol. The van der Waals surface area contributed by atoms with Gasteiger partial charge in [-0.15, -0.1) is 0 Å². The zero-order valence-corrected chi connectivity index (χ0v) is 16.3. The summed E-state index contributed by atoms with van der Waals surface area (Å²) in [6.07, 6.45) is 0. The number of fused-ring (bicyclic) bond motifs is 1. The second-order valence-electron chi connectivity index (χ2n) is 7.92. The van der Waals surface area contributed by atoms with Crippen LogP contribution in [-0.4, -0.2) is 27.4 Å². The van der Waals surface area contributed by atoms with Crippen LogP contribution in [0.5, 0.6) is 0 Å². The fraction of sp³-hybridized carbons (Fsp3) is 0.364. The molecule has 0 N–H and O–H groups in total. The van der Waals surface area contributed by atoms with E-state index in [4.69, 9.17) is 4.98 Å². The number of carbonyl (C=O) groups excluding carboxylic acids is 1. The van der Waals surface area contributed by atoms with Gasteiger partial charge in [0, 0.05) is 20.5 Å². The summed E-state index contributed by atoms with van der Waals surface area (Å²) in [7, 11) is 1.81. The second-order valence-corrected chi connectivity index (χ2v) is 7.92. The predicted molar refractivity (Wildman–Crippen MR) is 106 cm³/mol. The van der Waals surface area contributed by atoms with Crippen LogP contribution < -0.4 is 0 Å². The van der Waals surface area contributed by atoms with E-state index in [0.717, 1.165) is 23.4 Å². The lowest BCUT2D eigenvalue weighted by atomic mass is 9.87. The molecule has 0 saturated carbocycles. The van der Waals surface area contributed by atoms with Crippen LogP contribution >= 0.6 is 0 Å². The third-order valence-corrected chi connectivity index (χ3v) is 4.81. The van der Waals surface area contributed by atoms with Crippen LogP contribution in [0.25, 0.3) is 11.0 Å². The Bertz CT molecular complexity index is 917. The summed E-state index contributed by atoms with van der Waals surface area (Å²) in [5, 5.41) is 0. The van der Waals surface area contributed by atoms with Crippen molar-refractivity contribution in [3.63, 3.8) is 0 Å². The number of imidazole rings is 1. The third-order valence-electron chi connectivity index (χ3n) is 4.81. The summed E-state index contributed by atoms with van der Waals surface area (Å²) in [6, 6.07) is 16.9. The summed E-state index contributed by atoms with van der Waals surface area (Å²) in [5.74, 6) is 0.946. The molecular weight excluding hydrogens is 322 g/mol. The normalized spacial score (nSPS) is 11.7. The average Bonchev–Trinajstić information content (AvgIpc) is 2.92. The molecule has 0 spiro atoms. The lowest BCUT2D eigenvalue weighted by molar-refractivity contribution is -0.128.